The number of hydrogen-bond acceptors (Lipinski definition) is 6. The van der Waals surface area contributed by atoms with Gasteiger partial charge in [0.25, 0.3) is 0 Å². The predicted molar refractivity (Wildman–Crippen MR) is 97.5 cm³/mol. The van der Waals surface area contributed by atoms with E-state index in [0.29, 0.717) is 29.9 Å². The van der Waals surface area contributed by atoms with Gasteiger partial charge in [-0.25, -0.2) is 4.39 Å². The Kier molecular flexibility index (Phi) is 5.13. The third-order valence-corrected chi connectivity index (χ3v) is 4.72. The molecule has 0 saturated carbocycles. The standard InChI is InChI=1S/C20H21FN4O2/c21-15-6-8-16(9-7-15)26-13-19-23-20(27-24-19)12-25-10-17(18(22)11-25)14-4-2-1-3-5-14/h1-9,17-18H,10-13,22H2/t17-,18+/m0/s1. The van der Waals surface area contributed by atoms with Crippen molar-refractivity contribution in [2.24, 2.45) is 5.73 Å². The van der Waals surface area contributed by atoms with E-state index in [2.05, 4.69) is 27.2 Å². The lowest BCUT2D eigenvalue weighted by molar-refractivity contribution is 0.258. The smallest absolute Gasteiger partial charge is 0.240 e. The number of nitrogens with zero attached hydrogens (tertiary/aromatic N) is 3. The number of rotatable bonds is 6. The van der Waals surface area contributed by atoms with Crippen LogP contribution >= 0.6 is 0 Å². The van der Waals surface area contributed by atoms with Gasteiger partial charge >= 0.3 is 0 Å². The molecule has 1 aromatic heterocycles. The highest BCUT2D eigenvalue weighted by molar-refractivity contribution is 5.24. The van der Waals surface area contributed by atoms with Crippen molar-refractivity contribution in [3.63, 3.8) is 0 Å². The molecule has 0 bridgehead atoms. The van der Waals surface area contributed by atoms with Gasteiger partial charge in [0.05, 0.1) is 6.54 Å². The van der Waals surface area contributed by atoms with Crippen LogP contribution in [-0.4, -0.2) is 34.2 Å². The van der Waals surface area contributed by atoms with Crippen LogP contribution in [0.15, 0.2) is 59.1 Å². The van der Waals surface area contributed by atoms with Crippen molar-refractivity contribution in [1.29, 1.82) is 0 Å². The molecule has 0 radical (unpaired) electrons. The molecule has 6 nitrogen and oxygen atoms in total. The average molecular weight is 368 g/mol. The quantitative estimate of drug-likeness (QED) is 0.721. The molecule has 1 aliphatic rings. The molecular weight excluding hydrogens is 347 g/mol. The van der Waals surface area contributed by atoms with Crippen LogP contribution in [0.1, 0.15) is 23.2 Å². The van der Waals surface area contributed by atoms with Crippen molar-refractivity contribution in [3.8, 4) is 5.75 Å². The summed E-state index contributed by atoms with van der Waals surface area (Å²) in [4.78, 5) is 6.59. The third-order valence-electron chi connectivity index (χ3n) is 4.72. The fourth-order valence-electron chi connectivity index (χ4n) is 3.38. The number of benzene rings is 2. The first-order chi connectivity index (χ1) is 13.2. The molecule has 0 aliphatic carbocycles. The van der Waals surface area contributed by atoms with Crippen LogP contribution in [0, 0.1) is 5.82 Å². The molecule has 1 fully saturated rings. The zero-order valence-electron chi connectivity index (χ0n) is 14.8. The van der Waals surface area contributed by atoms with E-state index in [9.17, 15) is 4.39 Å². The second kappa shape index (κ2) is 7.85. The fraction of sp³-hybridized carbons (Fsp3) is 0.300. The minimum Gasteiger partial charge on any atom is -0.485 e. The minimum atomic E-state index is -0.304. The molecule has 3 aromatic rings. The molecule has 2 heterocycles. The zero-order chi connectivity index (χ0) is 18.6. The van der Waals surface area contributed by atoms with Gasteiger partial charge in [0.1, 0.15) is 11.6 Å². The molecule has 0 unspecified atom stereocenters. The zero-order valence-corrected chi connectivity index (χ0v) is 14.8. The highest BCUT2D eigenvalue weighted by atomic mass is 19.1. The maximum atomic E-state index is 12.9. The van der Waals surface area contributed by atoms with Crippen molar-refractivity contribution >= 4 is 0 Å². The molecule has 0 spiro atoms. The van der Waals surface area contributed by atoms with E-state index < -0.39 is 0 Å². The molecule has 7 heteroatoms. The largest absolute Gasteiger partial charge is 0.485 e. The lowest BCUT2D eigenvalue weighted by atomic mass is 9.95. The number of halogens is 1. The lowest BCUT2D eigenvalue weighted by Gasteiger charge is -2.14. The summed E-state index contributed by atoms with van der Waals surface area (Å²) >= 11 is 0. The van der Waals surface area contributed by atoms with Crippen molar-refractivity contribution in [3.05, 3.63) is 77.7 Å². The first kappa shape index (κ1) is 17.6. The summed E-state index contributed by atoms with van der Waals surface area (Å²) in [6.45, 7) is 2.36. The highest BCUT2D eigenvalue weighted by Gasteiger charge is 2.31. The molecule has 4 rings (SSSR count). The van der Waals surface area contributed by atoms with Crippen LogP contribution in [0.5, 0.6) is 5.75 Å². The predicted octanol–water partition coefficient (Wildman–Crippen LogP) is 2.71. The molecular formula is C20H21FN4O2. The van der Waals surface area contributed by atoms with Gasteiger partial charge < -0.3 is 15.0 Å². The van der Waals surface area contributed by atoms with Crippen molar-refractivity contribution in [1.82, 2.24) is 15.0 Å². The van der Waals surface area contributed by atoms with E-state index in [1.165, 1.54) is 17.7 Å². The number of aromatic nitrogens is 2. The van der Waals surface area contributed by atoms with Gasteiger partial charge in [0.15, 0.2) is 6.61 Å². The second-order valence-electron chi connectivity index (χ2n) is 6.72. The number of likely N-dealkylation sites (tertiary alicyclic amines) is 1. The molecule has 2 N–H and O–H groups in total. The fourth-order valence-corrected chi connectivity index (χ4v) is 3.38. The maximum Gasteiger partial charge on any atom is 0.240 e. The maximum absolute atomic E-state index is 12.9. The molecule has 0 amide bonds. The first-order valence-electron chi connectivity index (χ1n) is 8.90. The number of nitrogens with two attached hydrogens (primary N) is 1. The average Bonchev–Trinajstić information content (AvgIpc) is 3.28. The van der Waals surface area contributed by atoms with E-state index in [4.69, 9.17) is 15.0 Å². The van der Waals surface area contributed by atoms with Crippen LogP contribution in [0.4, 0.5) is 4.39 Å². The molecule has 140 valence electrons. The Morgan fingerprint density at radius 2 is 1.89 bits per heavy atom. The topological polar surface area (TPSA) is 77.4 Å². The lowest BCUT2D eigenvalue weighted by Crippen LogP contribution is -2.28. The van der Waals surface area contributed by atoms with Gasteiger partial charge in [-0.1, -0.05) is 35.5 Å². The highest BCUT2D eigenvalue weighted by Crippen LogP contribution is 2.27. The second-order valence-corrected chi connectivity index (χ2v) is 6.72. The van der Waals surface area contributed by atoms with Crippen molar-refractivity contribution < 1.29 is 13.7 Å². The van der Waals surface area contributed by atoms with Crippen LogP contribution < -0.4 is 10.5 Å². The van der Waals surface area contributed by atoms with Gasteiger partial charge in [0.2, 0.25) is 11.7 Å². The van der Waals surface area contributed by atoms with Crippen LogP contribution in [0.25, 0.3) is 0 Å². The van der Waals surface area contributed by atoms with Gasteiger partial charge in [-0.2, -0.15) is 4.98 Å². The Morgan fingerprint density at radius 1 is 1.11 bits per heavy atom. The molecule has 2 atom stereocenters. The van der Waals surface area contributed by atoms with Gasteiger partial charge in [-0.15, -0.1) is 0 Å². The normalized spacial score (nSPS) is 20.1. The Balaban J connectivity index is 1.32. The van der Waals surface area contributed by atoms with Gasteiger partial charge in [-0.05, 0) is 29.8 Å². The van der Waals surface area contributed by atoms with Gasteiger partial charge in [-0.3, -0.25) is 4.90 Å². The van der Waals surface area contributed by atoms with E-state index in [1.54, 1.807) is 12.1 Å². The summed E-state index contributed by atoms with van der Waals surface area (Å²) in [5, 5.41) is 3.94. The molecule has 1 saturated heterocycles. The number of hydrogen-bond donors (Lipinski definition) is 1. The summed E-state index contributed by atoms with van der Waals surface area (Å²) in [5.41, 5.74) is 7.58. The van der Waals surface area contributed by atoms with Crippen molar-refractivity contribution in [2.75, 3.05) is 13.1 Å². The Bertz CT molecular complexity index is 869. The van der Waals surface area contributed by atoms with E-state index in [-0.39, 0.29) is 18.5 Å². The number of ether oxygens (including phenoxy) is 1. The Morgan fingerprint density at radius 3 is 2.67 bits per heavy atom. The van der Waals surface area contributed by atoms with E-state index in [0.717, 1.165) is 13.1 Å². The molecule has 1 aliphatic heterocycles. The third kappa shape index (κ3) is 4.32. The Hall–Kier alpha value is -2.77. The van der Waals surface area contributed by atoms with Crippen LogP contribution in [0.3, 0.4) is 0 Å². The SMILES string of the molecule is N[C@@H]1CN(Cc2nc(COc3ccc(F)cc3)no2)C[C@H]1c1ccccc1. The monoisotopic (exact) mass is 368 g/mol. The van der Waals surface area contributed by atoms with E-state index >= 15 is 0 Å². The van der Waals surface area contributed by atoms with Crippen LogP contribution in [-0.2, 0) is 13.2 Å². The summed E-state index contributed by atoms with van der Waals surface area (Å²) in [7, 11) is 0. The van der Waals surface area contributed by atoms with Gasteiger partial charge in [0, 0.05) is 25.0 Å². The molecule has 2 aromatic carbocycles. The summed E-state index contributed by atoms with van der Waals surface area (Å²) in [5.74, 6) is 1.54. The summed E-state index contributed by atoms with van der Waals surface area (Å²) < 4.78 is 23.8. The minimum absolute atomic E-state index is 0.0802. The van der Waals surface area contributed by atoms with Crippen molar-refractivity contribution in [2.45, 2.75) is 25.1 Å². The summed E-state index contributed by atoms with van der Waals surface area (Å²) in [6, 6.07) is 16.2. The van der Waals surface area contributed by atoms with E-state index in [1.807, 2.05) is 18.2 Å². The first-order valence-corrected chi connectivity index (χ1v) is 8.90. The summed E-state index contributed by atoms with van der Waals surface area (Å²) in [6.07, 6.45) is 0. The van der Waals surface area contributed by atoms with Crippen LogP contribution in [0.2, 0.25) is 0 Å². The molecule has 27 heavy (non-hydrogen) atoms. The Labute approximate surface area is 156 Å².